The zero-order valence-electron chi connectivity index (χ0n) is 6.11. The Kier molecular flexibility index (Phi) is 2.72. The van der Waals surface area contributed by atoms with Crippen LogP contribution in [0.25, 0.3) is 0 Å². The third-order valence-corrected chi connectivity index (χ3v) is 2.00. The highest BCUT2D eigenvalue weighted by Gasteiger charge is 2.15. The van der Waals surface area contributed by atoms with Crippen LogP contribution in [0, 0.1) is 12.7 Å². The first kappa shape index (κ1) is 9.51. The summed E-state index contributed by atoms with van der Waals surface area (Å²) in [5.41, 5.74) is -0.315. The van der Waals surface area contributed by atoms with Gasteiger partial charge in [0.15, 0.2) is 0 Å². The van der Waals surface area contributed by atoms with Crippen molar-refractivity contribution in [1.29, 1.82) is 0 Å². The van der Waals surface area contributed by atoms with Crippen LogP contribution in [-0.2, 0) is 0 Å². The second kappa shape index (κ2) is 3.43. The van der Waals surface area contributed by atoms with E-state index in [0.29, 0.717) is 0 Å². The number of nitrogens with zero attached hydrogens (tertiary/aromatic N) is 1. The lowest BCUT2D eigenvalue weighted by Crippen LogP contribution is -1.95. The van der Waals surface area contributed by atoms with E-state index in [0.717, 1.165) is 6.07 Å². The number of halogens is 4. The number of pyridine rings is 1. The minimum Gasteiger partial charge on any atom is -0.243 e. The topological polar surface area (TPSA) is 12.9 Å². The first-order valence-electron chi connectivity index (χ1n) is 3.13. The van der Waals surface area contributed by atoms with E-state index in [9.17, 15) is 13.2 Å². The third kappa shape index (κ3) is 1.77. The molecule has 1 nitrogen and oxygen atoms in total. The van der Waals surface area contributed by atoms with Crippen LogP contribution in [0.1, 0.15) is 17.7 Å². The maximum absolute atomic E-state index is 12.7. The van der Waals surface area contributed by atoms with Gasteiger partial charge in [0.2, 0.25) is 0 Å². The molecule has 1 rings (SSSR count). The Hall–Kier alpha value is -0.580. The van der Waals surface area contributed by atoms with E-state index in [1.807, 2.05) is 0 Å². The molecule has 0 aliphatic heterocycles. The second-order valence-electron chi connectivity index (χ2n) is 2.24. The van der Waals surface area contributed by atoms with Crippen LogP contribution in [0.5, 0.6) is 0 Å². The minimum absolute atomic E-state index is 0.00333. The molecule has 0 fully saturated rings. The molecule has 0 unspecified atom stereocenters. The molecular formula is C7H5BrF3N. The largest absolute Gasteiger partial charge is 0.266 e. The molecule has 12 heavy (non-hydrogen) atoms. The van der Waals surface area contributed by atoms with Gasteiger partial charge in [-0.15, -0.1) is 0 Å². The fourth-order valence-corrected chi connectivity index (χ4v) is 1.27. The highest BCUT2D eigenvalue weighted by atomic mass is 79.9. The predicted octanol–water partition coefficient (Wildman–Crippen LogP) is 3.23. The van der Waals surface area contributed by atoms with E-state index in [1.54, 1.807) is 0 Å². The van der Waals surface area contributed by atoms with Crippen molar-refractivity contribution < 1.29 is 13.2 Å². The standard InChI is InChI=1S/C7H5BrF3N/c1-3-5(9)2-4(7(10)11)6(8)12-3/h2,7H,1H3. The number of aryl methyl sites for hydroxylation is 1. The van der Waals surface area contributed by atoms with Crippen LogP contribution in [-0.4, -0.2) is 4.98 Å². The summed E-state index contributed by atoms with van der Waals surface area (Å²) in [5, 5.41) is 0. The molecule has 0 atom stereocenters. The number of rotatable bonds is 1. The van der Waals surface area contributed by atoms with Crippen molar-refractivity contribution in [3.05, 3.63) is 27.7 Å². The van der Waals surface area contributed by atoms with Crippen molar-refractivity contribution in [3.63, 3.8) is 0 Å². The van der Waals surface area contributed by atoms with Gasteiger partial charge in [0, 0.05) is 0 Å². The molecule has 0 aromatic carbocycles. The number of alkyl halides is 2. The van der Waals surface area contributed by atoms with Gasteiger partial charge < -0.3 is 0 Å². The molecule has 0 saturated heterocycles. The predicted molar refractivity (Wildman–Crippen MR) is 41.6 cm³/mol. The Morgan fingerprint density at radius 3 is 2.58 bits per heavy atom. The molecule has 0 spiro atoms. The quantitative estimate of drug-likeness (QED) is 0.686. The summed E-state index contributed by atoms with van der Waals surface area (Å²) in [6.07, 6.45) is -2.71. The number of hydrogen-bond acceptors (Lipinski definition) is 1. The zero-order chi connectivity index (χ0) is 9.30. The average molecular weight is 240 g/mol. The SMILES string of the molecule is Cc1nc(Br)c(C(F)F)cc1F. The van der Waals surface area contributed by atoms with Crippen LogP contribution in [0.3, 0.4) is 0 Å². The Balaban J connectivity index is 3.23. The summed E-state index contributed by atoms with van der Waals surface area (Å²) in [7, 11) is 0. The van der Waals surface area contributed by atoms with Gasteiger partial charge in [0.1, 0.15) is 10.4 Å². The van der Waals surface area contributed by atoms with Crippen molar-refractivity contribution in [2.24, 2.45) is 0 Å². The molecule has 0 bridgehead atoms. The molecule has 66 valence electrons. The van der Waals surface area contributed by atoms with Crippen molar-refractivity contribution in [2.75, 3.05) is 0 Å². The van der Waals surface area contributed by atoms with Gasteiger partial charge in [-0.2, -0.15) is 0 Å². The molecular weight excluding hydrogens is 235 g/mol. The van der Waals surface area contributed by atoms with Gasteiger partial charge >= 0.3 is 0 Å². The Morgan fingerprint density at radius 1 is 1.50 bits per heavy atom. The third-order valence-electron chi connectivity index (χ3n) is 1.37. The lowest BCUT2D eigenvalue weighted by Gasteiger charge is -2.03. The molecule has 1 heterocycles. The monoisotopic (exact) mass is 239 g/mol. The molecule has 0 N–H and O–H groups in total. The molecule has 5 heteroatoms. The Bertz CT molecular complexity index is 301. The van der Waals surface area contributed by atoms with Crippen molar-refractivity contribution in [1.82, 2.24) is 4.98 Å². The normalized spacial score (nSPS) is 10.8. The maximum Gasteiger partial charge on any atom is 0.266 e. The summed E-state index contributed by atoms with van der Waals surface area (Å²) in [6, 6.07) is 0.789. The molecule has 0 aliphatic carbocycles. The second-order valence-corrected chi connectivity index (χ2v) is 2.99. The lowest BCUT2D eigenvalue weighted by atomic mass is 10.2. The van der Waals surface area contributed by atoms with E-state index in [2.05, 4.69) is 20.9 Å². The molecule has 0 amide bonds. The smallest absolute Gasteiger partial charge is 0.243 e. The fourth-order valence-electron chi connectivity index (χ4n) is 0.719. The van der Waals surface area contributed by atoms with Gasteiger partial charge in [-0.05, 0) is 28.9 Å². The molecule has 1 aromatic rings. The molecule has 0 saturated carbocycles. The molecule has 0 radical (unpaired) electrons. The first-order valence-corrected chi connectivity index (χ1v) is 3.92. The van der Waals surface area contributed by atoms with E-state index < -0.39 is 17.8 Å². The van der Waals surface area contributed by atoms with E-state index >= 15 is 0 Å². The average Bonchev–Trinajstić information content (AvgIpc) is 1.96. The van der Waals surface area contributed by atoms with Gasteiger partial charge in [-0.25, -0.2) is 18.2 Å². The van der Waals surface area contributed by atoms with Gasteiger partial charge in [-0.1, -0.05) is 0 Å². The summed E-state index contributed by atoms with van der Waals surface area (Å²) in [4.78, 5) is 3.56. The first-order chi connectivity index (χ1) is 5.52. The summed E-state index contributed by atoms with van der Waals surface area (Å²) in [6.45, 7) is 1.41. The van der Waals surface area contributed by atoms with Crippen molar-refractivity contribution in [2.45, 2.75) is 13.3 Å². The van der Waals surface area contributed by atoms with Gasteiger partial charge in [0.05, 0.1) is 11.3 Å². The summed E-state index contributed by atoms with van der Waals surface area (Å²) < 4.78 is 36.9. The van der Waals surface area contributed by atoms with Crippen LogP contribution in [0.15, 0.2) is 10.7 Å². The fraction of sp³-hybridized carbons (Fsp3) is 0.286. The molecule has 0 aliphatic rings. The summed E-state index contributed by atoms with van der Waals surface area (Å²) >= 11 is 2.82. The number of hydrogen-bond donors (Lipinski definition) is 0. The van der Waals surface area contributed by atoms with Crippen LogP contribution in [0.2, 0.25) is 0 Å². The van der Waals surface area contributed by atoms with Gasteiger partial charge in [-0.3, -0.25) is 0 Å². The lowest BCUT2D eigenvalue weighted by molar-refractivity contribution is 0.149. The summed E-state index contributed by atoms with van der Waals surface area (Å²) in [5.74, 6) is -0.714. The van der Waals surface area contributed by atoms with Crippen molar-refractivity contribution >= 4 is 15.9 Å². The van der Waals surface area contributed by atoms with E-state index in [-0.39, 0.29) is 10.3 Å². The molecule has 1 aromatic heterocycles. The highest BCUT2D eigenvalue weighted by Crippen LogP contribution is 2.26. The van der Waals surface area contributed by atoms with Crippen LogP contribution < -0.4 is 0 Å². The van der Waals surface area contributed by atoms with Crippen molar-refractivity contribution in [3.8, 4) is 0 Å². The van der Waals surface area contributed by atoms with Gasteiger partial charge in [0.25, 0.3) is 6.43 Å². The Morgan fingerprint density at radius 2 is 2.08 bits per heavy atom. The zero-order valence-corrected chi connectivity index (χ0v) is 7.70. The van der Waals surface area contributed by atoms with E-state index in [1.165, 1.54) is 6.92 Å². The highest BCUT2D eigenvalue weighted by molar-refractivity contribution is 9.10. The van der Waals surface area contributed by atoms with Crippen LogP contribution in [0.4, 0.5) is 13.2 Å². The number of aromatic nitrogens is 1. The minimum atomic E-state index is -2.71. The van der Waals surface area contributed by atoms with Crippen LogP contribution >= 0.6 is 15.9 Å². The van der Waals surface area contributed by atoms with E-state index in [4.69, 9.17) is 0 Å². The maximum atomic E-state index is 12.7. The Labute approximate surface area is 75.7 Å².